The van der Waals surface area contributed by atoms with Crippen LogP contribution in [0.4, 0.5) is 0 Å². The molecule has 19 heavy (non-hydrogen) atoms. The number of benzene rings is 1. The van der Waals surface area contributed by atoms with Crippen molar-refractivity contribution in [3.8, 4) is 0 Å². The summed E-state index contributed by atoms with van der Waals surface area (Å²) >= 11 is 0. The highest BCUT2D eigenvalue weighted by molar-refractivity contribution is 5.82. The molecular formula is C16H20O3. The summed E-state index contributed by atoms with van der Waals surface area (Å²) < 4.78 is 5.48. The molecule has 1 aromatic carbocycles. The van der Waals surface area contributed by atoms with Gasteiger partial charge < -0.3 is 9.84 Å². The average molecular weight is 260 g/mol. The predicted molar refractivity (Wildman–Crippen MR) is 72.2 cm³/mol. The summed E-state index contributed by atoms with van der Waals surface area (Å²) in [7, 11) is 0. The maximum Gasteiger partial charge on any atom is 0.314 e. The molecule has 1 heterocycles. The monoisotopic (exact) mass is 260 g/mol. The lowest BCUT2D eigenvalue weighted by atomic mass is 9.67. The van der Waals surface area contributed by atoms with Gasteiger partial charge in [0.25, 0.3) is 0 Å². The summed E-state index contributed by atoms with van der Waals surface area (Å²) in [6.07, 6.45) is 5.60. The number of carboxylic acid groups (broad SMARTS) is 1. The molecule has 3 nitrogen and oxygen atoms in total. The Bertz CT molecular complexity index is 487. The van der Waals surface area contributed by atoms with E-state index < -0.39 is 11.4 Å². The largest absolute Gasteiger partial charge is 0.481 e. The van der Waals surface area contributed by atoms with Gasteiger partial charge in [0, 0.05) is 0 Å². The van der Waals surface area contributed by atoms with Gasteiger partial charge in [0.1, 0.15) is 0 Å². The Labute approximate surface area is 113 Å². The first kappa shape index (κ1) is 12.7. The third-order valence-electron chi connectivity index (χ3n) is 4.66. The molecule has 1 saturated carbocycles. The van der Waals surface area contributed by atoms with Crippen molar-refractivity contribution < 1.29 is 14.6 Å². The number of ether oxygens (including phenoxy) is 1. The quantitative estimate of drug-likeness (QED) is 0.889. The van der Waals surface area contributed by atoms with Gasteiger partial charge in [-0.15, -0.1) is 0 Å². The molecule has 2 aliphatic rings. The van der Waals surface area contributed by atoms with Gasteiger partial charge in [-0.1, -0.05) is 37.5 Å². The third kappa shape index (κ3) is 2.06. The lowest BCUT2D eigenvalue weighted by molar-refractivity contribution is -0.145. The van der Waals surface area contributed by atoms with Crippen molar-refractivity contribution in [2.24, 2.45) is 0 Å². The average Bonchev–Trinajstić information content (AvgIpc) is 2.47. The fourth-order valence-corrected chi connectivity index (χ4v) is 3.62. The Morgan fingerprint density at radius 1 is 1.21 bits per heavy atom. The van der Waals surface area contributed by atoms with E-state index in [4.69, 9.17) is 4.74 Å². The fourth-order valence-electron chi connectivity index (χ4n) is 3.62. The number of hydrogen-bond acceptors (Lipinski definition) is 2. The summed E-state index contributed by atoms with van der Waals surface area (Å²) in [4.78, 5) is 11.9. The van der Waals surface area contributed by atoms with E-state index in [0.717, 1.165) is 44.1 Å². The molecule has 0 unspecified atom stereocenters. The van der Waals surface area contributed by atoms with E-state index in [1.54, 1.807) is 0 Å². The number of carboxylic acids is 1. The Balaban J connectivity index is 2.10. The van der Waals surface area contributed by atoms with Crippen LogP contribution in [0, 0.1) is 0 Å². The molecule has 0 amide bonds. The number of carbonyl (C=O) groups is 1. The van der Waals surface area contributed by atoms with E-state index in [1.807, 2.05) is 12.1 Å². The Hall–Kier alpha value is -1.35. The van der Waals surface area contributed by atoms with E-state index in [-0.39, 0.29) is 0 Å². The Kier molecular flexibility index (Phi) is 3.31. The van der Waals surface area contributed by atoms with Crippen molar-refractivity contribution in [3.05, 3.63) is 34.9 Å². The second-order valence-electron chi connectivity index (χ2n) is 5.69. The van der Waals surface area contributed by atoms with E-state index in [0.29, 0.717) is 13.2 Å². The van der Waals surface area contributed by atoms with Gasteiger partial charge in [-0.25, -0.2) is 0 Å². The summed E-state index contributed by atoms with van der Waals surface area (Å²) in [5.41, 5.74) is 2.81. The molecule has 0 atom stereocenters. The third-order valence-corrected chi connectivity index (χ3v) is 4.66. The van der Waals surface area contributed by atoms with Crippen molar-refractivity contribution >= 4 is 5.97 Å². The van der Waals surface area contributed by atoms with Crippen molar-refractivity contribution in [2.45, 2.75) is 50.5 Å². The molecular weight excluding hydrogens is 240 g/mol. The maximum atomic E-state index is 11.9. The first-order chi connectivity index (χ1) is 9.24. The van der Waals surface area contributed by atoms with Gasteiger partial charge in [-0.2, -0.15) is 0 Å². The lowest BCUT2D eigenvalue weighted by Crippen LogP contribution is -2.39. The first-order valence-electron chi connectivity index (χ1n) is 7.16. The van der Waals surface area contributed by atoms with Crippen LogP contribution in [0.25, 0.3) is 0 Å². The highest BCUT2D eigenvalue weighted by Gasteiger charge is 2.43. The highest BCUT2D eigenvalue weighted by atomic mass is 16.5. The SMILES string of the molecule is O=C(O)C1(c2cccc3c2CCOC3)CCCCC1. The van der Waals surface area contributed by atoms with Crippen molar-refractivity contribution in [1.29, 1.82) is 0 Å². The topological polar surface area (TPSA) is 46.5 Å². The summed E-state index contributed by atoms with van der Waals surface area (Å²) in [6, 6.07) is 6.09. The van der Waals surface area contributed by atoms with Crippen molar-refractivity contribution in [1.82, 2.24) is 0 Å². The summed E-state index contributed by atoms with van der Waals surface area (Å²) in [5.74, 6) is -0.646. The molecule has 0 spiro atoms. The number of hydrogen-bond donors (Lipinski definition) is 1. The van der Waals surface area contributed by atoms with Crippen LogP contribution < -0.4 is 0 Å². The molecule has 102 valence electrons. The molecule has 3 rings (SSSR count). The van der Waals surface area contributed by atoms with Crippen LogP contribution in [0.3, 0.4) is 0 Å². The van der Waals surface area contributed by atoms with Crippen LogP contribution in [0.2, 0.25) is 0 Å². The van der Waals surface area contributed by atoms with Gasteiger partial charge in [-0.3, -0.25) is 4.79 Å². The predicted octanol–water partition coefficient (Wildman–Crippen LogP) is 3.05. The number of rotatable bonds is 2. The van der Waals surface area contributed by atoms with E-state index in [1.165, 1.54) is 11.1 Å². The second kappa shape index (κ2) is 4.97. The molecule has 1 aliphatic heterocycles. The zero-order valence-corrected chi connectivity index (χ0v) is 11.2. The van der Waals surface area contributed by atoms with Crippen molar-refractivity contribution in [3.63, 3.8) is 0 Å². The van der Waals surface area contributed by atoms with Gasteiger partial charge in [-0.05, 0) is 36.0 Å². The minimum atomic E-state index is -0.652. The van der Waals surface area contributed by atoms with Crippen LogP contribution in [0.5, 0.6) is 0 Å². The van der Waals surface area contributed by atoms with E-state index in [9.17, 15) is 9.90 Å². The zero-order chi connectivity index (χ0) is 13.3. The number of fused-ring (bicyclic) bond motifs is 1. The smallest absolute Gasteiger partial charge is 0.314 e. The maximum absolute atomic E-state index is 11.9. The molecule has 3 heteroatoms. The van der Waals surface area contributed by atoms with Crippen LogP contribution in [0.1, 0.15) is 48.8 Å². The Morgan fingerprint density at radius 3 is 2.74 bits per heavy atom. The summed E-state index contributed by atoms with van der Waals surface area (Å²) in [6.45, 7) is 1.33. The minimum absolute atomic E-state index is 0.624. The fraction of sp³-hybridized carbons (Fsp3) is 0.562. The van der Waals surface area contributed by atoms with Gasteiger partial charge in [0.15, 0.2) is 0 Å². The van der Waals surface area contributed by atoms with Crippen molar-refractivity contribution in [2.75, 3.05) is 6.61 Å². The standard InChI is InChI=1S/C16H20O3/c17-15(18)16(8-2-1-3-9-16)14-6-4-5-12-11-19-10-7-13(12)14/h4-6H,1-3,7-11H2,(H,17,18). The zero-order valence-electron chi connectivity index (χ0n) is 11.2. The Morgan fingerprint density at radius 2 is 2.00 bits per heavy atom. The molecule has 1 aromatic rings. The van der Waals surface area contributed by atoms with E-state index >= 15 is 0 Å². The minimum Gasteiger partial charge on any atom is -0.481 e. The molecule has 1 N–H and O–H groups in total. The molecule has 1 fully saturated rings. The van der Waals surface area contributed by atoms with Crippen LogP contribution in [-0.4, -0.2) is 17.7 Å². The van der Waals surface area contributed by atoms with Gasteiger partial charge >= 0.3 is 5.97 Å². The van der Waals surface area contributed by atoms with Crippen LogP contribution in [0.15, 0.2) is 18.2 Å². The summed E-state index contributed by atoms with van der Waals surface area (Å²) in [5, 5.41) is 9.81. The first-order valence-corrected chi connectivity index (χ1v) is 7.16. The molecule has 1 aliphatic carbocycles. The van der Waals surface area contributed by atoms with Gasteiger partial charge in [0.05, 0.1) is 18.6 Å². The molecule has 0 bridgehead atoms. The van der Waals surface area contributed by atoms with Crippen LogP contribution >= 0.6 is 0 Å². The lowest BCUT2D eigenvalue weighted by Gasteiger charge is -2.36. The van der Waals surface area contributed by atoms with Gasteiger partial charge in [0.2, 0.25) is 0 Å². The highest BCUT2D eigenvalue weighted by Crippen LogP contribution is 2.42. The van der Waals surface area contributed by atoms with Crippen LogP contribution in [-0.2, 0) is 28.0 Å². The number of aliphatic carboxylic acids is 1. The molecule has 0 aromatic heterocycles. The second-order valence-corrected chi connectivity index (χ2v) is 5.69. The molecule has 0 radical (unpaired) electrons. The van der Waals surface area contributed by atoms with E-state index in [2.05, 4.69) is 6.07 Å². The molecule has 0 saturated heterocycles. The normalized spacial score (nSPS) is 21.7.